The molecule has 9 heteroatoms. The highest BCUT2D eigenvalue weighted by Crippen LogP contribution is 2.45. The summed E-state index contributed by atoms with van der Waals surface area (Å²) in [4.78, 5) is 47.9. The third-order valence-corrected chi connectivity index (χ3v) is 8.23. The second kappa shape index (κ2) is 12.0. The largest absolute Gasteiger partial charge is 0.381 e. The Morgan fingerprint density at radius 3 is 2.64 bits per heavy atom. The van der Waals surface area contributed by atoms with Crippen molar-refractivity contribution in [1.29, 1.82) is 0 Å². The second-order valence-corrected chi connectivity index (χ2v) is 11.1. The summed E-state index contributed by atoms with van der Waals surface area (Å²) in [5.74, 6) is -0.695. The normalized spacial score (nSPS) is 18.0. The summed E-state index contributed by atoms with van der Waals surface area (Å²) in [6.07, 6.45) is 3.11. The topological polar surface area (TPSA) is 94.7 Å². The predicted molar refractivity (Wildman–Crippen MR) is 163 cm³/mol. The van der Waals surface area contributed by atoms with Gasteiger partial charge in [-0.25, -0.2) is 9.69 Å². The number of H-pyrrole nitrogens is 1. The number of anilines is 1. The smallest absolute Gasteiger partial charge is 0.332 e. The van der Waals surface area contributed by atoms with Crippen molar-refractivity contribution in [1.82, 2.24) is 15.2 Å². The number of para-hydroxylation sites is 2. The van der Waals surface area contributed by atoms with E-state index in [0.29, 0.717) is 37.6 Å². The van der Waals surface area contributed by atoms with Gasteiger partial charge < -0.3 is 15.0 Å². The first kappa shape index (κ1) is 28.0. The number of amides is 4. The summed E-state index contributed by atoms with van der Waals surface area (Å²) in [6.45, 7) is 3.80. The van der Waals surface area contributed by atoms with E-state index in [2.05, 4.69) is 17.2 Å². The van der Waals surface area contributed by atoms with Crippen LogP contribution in [0.1, 0.15) is 59.4 Å². The average Bonchev–Trinajstić information content (AvgIpc) is 3.49. The van der Waals surface area contributed by atoms with Crippen LogP contribution in [-0.2, 0) is 16.0 Å². The lowest BCUT2D eigenvalue weighted by Gasteiger charge is -2.36. The number of aromatic amines is 1. The molecule has 3 aromatic carbocycles. The molecule has 3 heterocycles. The van der Waals surface area contributed by atoms with Gasteiger partial charge in [-0.15, -0.1) is 0 Å². The number of unbranched alkanes of at least 4 members (excludes halogenated alkanes) is 1. The van der Waals surface area contributed by atoms with Crippen LogP contribution in [0.15, 0.2) is 72.8 Å². The predicted octanol–water partition coefficient (Wildman–Crippen LogP) is 6.24. The molecule has 0 aliphatic carbocycles. The molecule has 2 aliphatic heterocycles. The van der Waals surface area contributed by atoms with Crippen molar-refractivity contribution in [2.24, 2.45) is 0 Å². The number of urea groups is 1. The molecule has 1 saturated heterocycles. The molecule has 0 radical (unpaired) electrons. The molecule has 2 N–H and O–H groups in total. The fourth-order valence-corrected chi connectivity index (χ4v) is 6.20. The van der Waals surface area contributed by atoms with Crippen molar-refractivity contribution in [3.05, 3.63) is 100 Å². The number of rotatable bonds is 10. The molecular weight excluding hydrogens is 552 g/mol. The monoisotopic (exact) mass is 584 g/mol. The molecular formula is C33H33ClN4O4. The number of carbonyl (C=O) groups excluding carboxylic acids is 3. The molecule has 2 atom stereocenters. The molecule has 0 saturated carbocycles. The zero-order valence-electron chi connectivity index (χ0n) is 23.4. The molecule has 8 nitrogen and oxygen atoms in total. The van der Waals surface area contributed by atoms with Crippen LogP contribution in [0.3, 0.4) is 0 Å². The lowest BCUT2D eigenvalue weighted by molar-refractivity contribution is -0.120. The van der Waals surface area contributed by atoms with Crippen molar-refractivity contribution < 1.29 is 19.1 Å². The van der Waals surface area contributed by atoms with Gasteiger partial charge >= 0.3 is 6.03 Å². The van der Waals surface area contributed by atoms with Gasteiger partial charge in [-0.3, -0.25) is 14.5 Å². The van der Waals surface area contributed by atoms with Gasteiger partial charge in [0.25, 0.3) is 11.8 Å². The fraction of sp³-hybridized carbons (Fsp3) is 0.303. The minimum absolute atomic E-state index is 0.272. The molecule has 1 unspecified atom stereocenters. The van der Waals surface area contributed by atoms with Crippen LogP contribution in [-0.4, -0.2) is 53.5 Å². The lowest BCUT2D eigenvalue weighted by Crippen LogP contribution is -2.44. The van der Waals surface area contributed by atoms with Crippen LogP contribution in [0, 0.1) is 0 Å². The summed E-state index contributed by atoms with van der Waals surface area (Å²) in [6, 6.07) is 20.3. The van der Waals surface area contributed by atoms with Crippen LogP contribution >= 0.6 is 11.6 Å². The zero-order valence-corrected chi connectivity index (χ0v) is 24.2. The Hall–Kier alpha value is -4.14. The maximum Gasteiger partial charge on any atom is 0.332 e. The third-order valence-electron chi connectivity index (χ3n) is 8.00. The van der Waals surface area contributed by atoms with E-state index in [4.69, 9.17) is 16.3 Å². The van der Waals surface area contributed by atoms with Gasteiger partial charge in [-0.2, -0.15) is 0 Å². The molecule has 4 amide bonds. The standard InChI is InChI=1S/C33H33ClN4O4/c1-2-3-17-42-18-9-16-35-31(39)24-13-5-7-15-27(24)38-32(40)28-20-25-23-12-4-6-14-26(23)36-29(25)30(37(28)33(38)41)21-10-8-11-22(34)19-21/h4-8,10-15,19,28,30,36H,2-3,9,16-18,20H2,1H3,(H,35,39)/t28-,30?/m0/s1. The van der Waals surface area contributed by atoms with Crippen molar-refractivity contribution in [2.75, 3.05) is 24.7 Å². The molecule has 6 rings (SSSR count). The van der Waals surface area contributed by atoms with Crippen LogP contribution in [0.25, 0.3) is 10.9 Å². The Morgan fingerprint density at radius 2 is 1.81 bits per heavy atom. The third kappa shape index (κ3) is 5.05. The summed E-state index contributed by atoms with van der Waals surface area (Å²) in [7, 11) is 0. The summed E-state index contributed by atoms with van der Waals surface area (Å²) in [5.41, 5.74) is 4.17. The highest BCUT2D eigenvalue weighted by Gasteiger charge is 2.53. The number of nitrogens with zero attached hydrogens (tertiary/aromatic N) is 2. The maximum atomic E-state index is 14.2. The Balaban J connectivity index is 1.32. The molecule has 0 bridgehead atoms. The Labute approximate surface area is 249 Å². The molecule has 1 fully saturated rings. The van der Waals surface area contributed by atoms with Gasteiger partial charge in [0.2, 0.25) is 0 Å². The van der Waals surface area contributed by atoms with Crippen LogP contribution in [0.4, 0.5) is 10.5 Å². The Morgan fingerprint density at radius 1 is 1.02 bits per heavy atom. The Kier molecular flexibility index (Phi) is 8.00. The molecule has 0 spiro atoms. The number of fused-ring (bicyclic) bond motifs is 4. The van der Waals surface area contributed by atoms with Gasteiger partial charge in [0.05, 0.1) is 11.3 Å². The van der Waals surface area contributed by atoms with E-state index in [-0.39, 0.29) is 23.1 Å². The van der Waals surface area contributed by atoms with Crippen molar-refractivity contribution >= 4 is 46.0 Å². The first-order valence-electron chi connectivity index (χ1n) is 14.5. The van der Waals surface area contributed by atoms with Crippen LogP contribution in [0.5, 0.6) is 0 Å². The van der Waals surface area contributed by atoms with Gasteiger partial charge in [-0.05, 0) is 54.3 Å². The van der Waals surface area contributed by atoms with E-state index in [1.54, 1.807) is 35.2 Å². The van der Waals surface area contributed by atoms with E-state index in [1.807, 2.05) is 42.5 Å². The van der Waals surface area contributed by atoms with E-state index >= 15 is 0 Å². The average molecular weight is 585 g/mol. The number of benzene rings is 3. The van der Waals surface area contributed by atoms with Crippen molar-refractivity contribution in [2.45, 2.75) is 44.7 Å². The summed E-state index contributed by atoms with van der Waals surface area (Å²) in [5, 5.41) is 4.48. The number of imide groups is 1. The molecule has 2 aliphatic rings. The van der Waals surface area contributed by atoms with Gasteiger partial charge in [0.1, 0.15) is 12.1 Å². The summed E-state index contributed by atoms with van der Waals surface area (Å²) >= 11 is 6.40. The highest BCUT2D eigenvalue weighted by molar-refractivity contribution is 6.30. The van der Waals surface area contributed by atoms with E-state index in [0.717, 1.165) is 40.6 Å². The first-order chi connectivity index (χ1) is 20.5. The molecule has 1 aromatic heterocycles. The summed E-state index contributed by atoms with van der Waals surface area (Å²) < 4.78 is 5.58. The minimum atomic E-state index is -0.732. The zero-order chi connectivity index (χ0) is 29.2. The van der Waals surface area contributed by atoms with Gasteiger partial charge in [0.15, 0.2) is 0 Å². The molecule has 42 heavy (non-hydrogen) atoms. The number of hydrogen-bond acceptors (Lipinski definition) is 4. The lowest BCUT2D eigenvalue weighted by atomic mass is 9.89. The van der Waals surface area contributed by atoms with Crippen LogP contribution < -0.4 is 10.2 Å². The SMILES string of the molecule is CCCCOCCCNC(=O)c1ccccc1N1C(=O)[C@@H]2Cc3c([nH]c4ccccc34)C(c3cccc(Cl)c3)N2C1=O. The van der Waals surface area contributed by atoms with Crippen LogP contribution in [0.2, 0.25) is 5.02 Å². The number of halogens is 1. The number of carbonyl (C=O) groups is 3. The second-order valence-electron chi connectivity index (χ2n) is 10.7. The number of ether oxygens (including phenoxy) is 1. The van der Waals surface area contributed by atoms with Crippen molar-refractivity contribution in [3.63, 3.8) is 0 Å². The maximum absolute atomic E-state index is 14.2. The Bertz CT molecular complexity index is 1650. The van der Waals surface area contributed by atoms with E-state index in [9.17, 15) is 14.4 Å². The van der Waals surface area contributed by atoms with E-state index in [1.165, 1.54) is 4.90 Å². The fourth-order valence-electron chi connectivity index (χ4n) is 6.00. The number of hydrogen-bond donors (Lipinski definition) is 2. The van der Waals surface area contributed by atoms with Gasteiger partial charge in [-0.1, -0.05) is 67.4 Å². The van der Waals surface area contributed by atoms with Gasteiger partial charge in [0, 0.05) is 47.8 Å². The van der Waals surface area contributed by atoms with Crippen molar-refractivity contribution in [3.8, 4) is 0 Å². The number of nitrogens with one attached hydrogen (secondary N) is 2. The highest BCUT2D eigenvalue weighted by atomic mass is 35.5. The number of aromatic nitrogens is 1. The minimum Gasteiger partial charge on any atom is -0.381 e. The first-order valence-corrected chi connectivity index (χ1v) is 14.8. The van der Waals surface area contributed by atoms with E-state index < -0.39 is 18.1 Å². The molecule has 216 valence electrons. The quantitative estimate of drug-likeness (QED) is 0.170. The molecule has 4 aromatic rings.